The van der Waals surface area contributed by atoms with Crippen molar-refractivity contribution in [3.05, 3.63) is 66.0 Å². The van der Waals surface area contributed by atoms with E-state index in [-0.39, 0.29) is 5.91 Å². The van der Waals surface area contributed by atoms with Crippen molar-refractivity contribution in [1.82, 2.24) is 20.5 Å². The van der Waals surface area contributed by atoms with E-state index in [1.165, 1.54) is 0 Å². The zero-order chi connectivity index (χ0) is 18.2. The average Bonchev–Trinajstić information content (AvgIpc) is 3.18. The van der Waals surface area contributed by atoms with Crippen LogP contribution in [-0.4, -0.2) is 27.7 Å². The van der Waals surface area contributed by atoms with Gasteiger partial charge in [-0.25, -0.2) is 4.98 Å². The van der Waals surface area contributed by atoms with Crippen molar-refractivity contribution >= 4 is 5.91 Å². The van der Waals surface area contributed by atoms with Gasteiger partial charge in [-0.2, -0.15) is 5.10 Å². The molecular formula is C20H22N4O2. The molecule has 2 heterocycles. The van der Waals surface area contributed by atoms with Crippen molar-refractivity contribution in [2.45, 2.75) is 26.3 Å². The number of H-pyrrole nitrogens is 1. The Balaban J connectivity index is 1.62. The van der Waals surface area contributed by atoms with Crippen molar-refractivity contribution in [2.24, 2.45) is 0 Å². The molecule has 1 amide bonds. The monoisotopic (exact) mass is 350 g/mol. The number of unbranched alkanes of at least 4 members (excludes halogenated alkanes) is 1. The Morgan fingerprint density at radius 1 is 1.19 bits per heavy atom. The summed E-state index contributed by atoms with van der Waals surface area (Å²) in [6.45, 7) is 3.07. The summed E-state index contributed by atoms with van der Waals surface area (Å²) >= 11 is 0. The third kappa shape index (κ3) is 4.47. The first-order valence-corrected chi connectivity index (χ1v) is 8.73. The van der Waals surface area contributed by atoms with E-state index in [4.69, 9.17) is 4.74 Å². The molecule has 6 nitrogen and oxygen atoms in total. The molecule has 6 heteroatoms. The Morgan fingerprint density at radius 3 is 2.85 bits per heavy atom. The Bertz CT molecular complexity index is 846. The predicted molar refractivity (Wildman–Crippen MR) is 99.8 cm³/mol. The van der Waals surface area contributed by atoms with Gasteiger partial charge in [0.05, 0.1) is 12.3 Å². The summed E-state index contributed by atoms with van der Waals surface area (Å²) in [5.41, 5.74) is 2.96. The number of nitrogens with zero attached hydrogens (tertiary/aromatic N) is 2. The second-order valence-corrected chi connectivity index (χ2v) is 5.89. The summed E-state index contributed by atoms with van der Waals surface area (Å²) < 4.78 is 5.69. The predicted octanol–water partition coefficient (Wildman–Crippen LogP) is 3.58. The first-order chi connectivity index (χ1) is 12.8. The molecule has 2 N–H and O–H groups in total. The van der Waals surface area contributed by atoms with Crippen LogP contribution in [0, 0.1) is 0 Å². The third-order valence-corrected chi connectivity index (χ3v) is 3.92. The van der Waals surface area contributed by atoms with E-state index < -0.39 is 0 Å². The number of aromatic nitrogens is 3. The minimum Gasteiger partial charge on any atom is -0.477 e. The summed E-state index contributed by atoms with van der Waals surface area (Å²) in [7, 11) is 0. The molecule has 0 spiro atoms. The van der Waals surface area contributed by atoms with Gasteiger partial charge < -0.3 is 10.1 Å². The van der Waals surface area contributed by atoms with Gasteiger partial charge in [-0.05, 0) is 18.6 Å². The van der Waals surface area contributed by atoms with Crippen molar-refractivity contribution < 1.29 is 9.53 Å². The number of aromatic amines is 1. The Kier molecular flexibility index (Phi) is 5.98. The molecular weight excluding hydrogens is 328 g/mol. The average molecular weight is 350 g/mol. The zero-order valence-electron chi connectivity index (χ0n) is 14.7. The molecule has 26 heavy (non-hydrogen) atoms. The highest BCUT2D eigenvalue weighted by Gasteiger charge is 2.12. The number of carbonyl (C=O) groups excluding carboxylic acids is 1. The van der Waals surface area contributed by atoms with Crippen LogP contribution in [0.1, 0.15) is 35.8 Å². The van der Waals surface area contributed by atoms with E-state index in [1.807, 2.05) is 42.5 Å². The normalized spacial score (nSPS) is 10.5. The highest BCUT2D eigenvalue weighted by molar-refractivity contribution is 5.93. The number of amides is 1. The number of ether oxygens (including phenoxy) is 1. The molecule has 2 aromatic heterocycles. The summed E-state index contributed by atoms with van der Waals surface area (Å²) in [6.07, 6.45) is 3.72. The number of benzene rings is 1. The number of rotatable bonds is 8. The van der Waals surface area contributed by atoms with Crippen LogP contribution in [0.15, 0.2) is 54.7 Å². The Morgan fingerprint density at radius 2 is 2.04 bits per heavy atom. The van der Waals surface area contributed by atoms with Crippen molar-refractivity contribution in [1.29, 1.82) is 0 Å². The summed E-state index contributed by atoms with van der Waals surface area (Å²) in [4.78, 5) is 16.6. The minimum absolute atomic E-state index is 0.219. The largest absolute Gasteiger partial charge is 0.477 e. The standard InChI is InChI=1S/C20H22N4O2/c1-2-3-12-26-20-16(10-7-11-21-20)14-22-19(25)18-13-17(23-24-18)15-8-5-4-6-9-15/h4-11,13H,2-3,12,14H2,1H3,(H,22,25)(H,23,24). The summed E-state index contributed by atoms with van der Waals surface area (Å²) in [5, 5.41) is 9.88. The number of hydrogen-bond acceptors (Lipinski definition) is 4. The van der Waals surface area contributed by atoms with Crippen LogP contribution < -0.4 is 10.1 Å². The number of hydrogen-bond donors (Lipinski definition) is 2. The maximum Gasteiger partial charge on any atom is 0.269 e. The maximum absolute atomic E-state index is 12.4. The maximum atomic E-state index is 12.4. The number of pyridine rings is 1. The molecule has 0 atom stereocenters. The van der Waals surface area contributed by atoms with Gasteiger partial charge in [-0.15, -0.1) is 0 Å². The Hall–Kier alpha value is -3.15. The van der Waals surface area contributed by atoms with E-state index in [0.717, 1.165) is 29.7 Å². The van der Waals surface area contributed by atoms with E-state index >= 15 is 0 Å². The van der Waals surface area contributed by atoms with Gasteiger partial charge in [-0.1, -0.05) is 49.7 Å². The highest BCUT2D eigenvalue weighted by Crippen LogP contribution is 2.17. The molecule has 3 rings (SSSR count). The van der Waals surface area contributed by atoms with Crippen molar-refractivity contribution in [3.8, 4) is 17.1 Å². The van der Waals surface area contributed by atoms with Gasteiger partial charge in [0.1, 0.15) is 5.69 Å². The molecule has 0 aliphatic carbocycles. The molecule has 0 saturated heterocycles. The fourth-order valence-corrected chi connectivity index (χ4v) is 2.47. The molecule has 1 aromatic carbocycles. The molecule has 0 saturated carbocycles. The second-order valence-electron chi connectivity index (χ2n) is 5.89. The van der Waals surface area contributed by atoms with Crippen LogP contribution in [0.2, 0.25) is 0 Å². The van der Waals surface area contributed by atoms with Crippen LogP contribution in [0.3, 0.4) is 0 Å². The van der Waals surface area contributed by atoms with E-state index in [2.05, 4.69) is 27.4 Å². The molecule has 0 radical (unpaired) electrons. The van der Waals surface area contributed by atoms with Gasteiger partial charge in [0.25, 0.3) is 5.91 Å². The lowest BCUT2D eigenvalue weighted by Gasteiger charge is -2.10. The first-order valence-electron chi connectivity index (χ1n) is 8.73. The SMILES string of the molecule is CCCCOc1ncccc1CNC(=O)c1cc(-c2ccccc2)n[nH]1. The van der Waals surface area contributed by atoms with Gasteiger partial charge in [0.15, 0.2) is 0 Å². The van der Waals surface area contributed by atoms with Gasteiger partial charge >= 0.3 is 0 Å². The summed E-state index contributed by atoms with van der Waals surface area (Å²) in [6, 6.07) is 15.2. The van der Waals surface area contributed by atoms with Crippen molar-refractivity contribution in [2.75, 3.05) is 6.61 Å². The van der Waals surface area contributed by atoms with Crippen LogP contribution in [0.5, 0.6) is 5.88 Å². The van der Waals surface area contributed by atoms with Gasteiger partial charge in [-0.3, -0.25) is 9.89 Å². The first kappa shape index (κ1) is 17.7. The lowest BCUT2D eigenvalue weighted by molar-refractivity contribution is 0.0945. The molecule has 3 aromatic rings. The molecule has 0 unspecified atom stereocenters. The van der Waals surface area contributed by atoms with Crippen LogP contribution >= 0.6 is 0 Å². The van der Waals surface area contributed by atoms with Crippen LogP contribution in [-0.2, 0) is 6.54 Å². The molecule has 0 fully saturated rings. The fourth-order valence-electron chi connectivity index (χ4n) is 2.47. The third-order valence-electron chi connectivity index (χ3n) is 3.92. The topological polar surface area (TPSA) is 79.9 Å². The number of nitrogens with one attached hydrogen (secondary N) is 2. The van der Waals surface area contributed by atoms with Crippen LogP contribution in [0.25, 0.3) is 11.3 Å². The highest BCUT2D eigenvalue weighted by atomic mass is 16.5. The smallest absolute Gasteiger partial charge is 0.269 e. The quantitative estimate of drug-likeness (QED) is 0.609. The lowest BCUT2D eigenvalue weighted by atomic mass is 10.1. The Labute approximate surface area is 152 Å². The summed E-state index contributed by atoms with van der Waals surface area (Å²) in [5.74, 6) is 0.346. The minimum atomic E-state index is -0.219. The number of carbonyl (C=O) groups is 1. The fraction of sp³-hybridized carbons (Fsp3) is 0.250. The van der Waals surface area contributed by atoms with E-state index in [1.54, 1.807) is 12.3 Å². The molecule has 134 valence electrons. The second kappa shape index (κ2) is 8.80. The van der Waals surface area contributed by atoms with Gasteiger partial charge in [0, 0.05) is 23.9 Å². The lowest BCUT2D eigenvalue weighted by Crippen LogP contribution is -2.23. The molecule has 0 aliphatic heterocycles. The van der Waals surface area contributed by atoms with Gasteiger partial charge in [0.2, 0.25) is 5.88 Å². The zero-order valence-corrected chi connectivity index (χ0v) is 14.7. The molecule has 0 aliphatic rings. The van der Waals surface area contributed by atoms with Crippen LogP contribution in [0.4, 0.5) is 0 Å². The molecule has 0 bridgehead atoms. The van der Waals surface area contributed by atoms with E-state index in [9.17, 15) is 4.79 Å². The van der Waals surface area contributed by atoms with E-state index in [0.29, 0.717) is 24.7 Å². The van der Waals surface area contributed by atoms with Crippen molar-refractivity contribution in [3.63, 3.8) is 0 Å².